The summed E-state index contributed by atoms with van der Waals surface area (Å²) in [6, 6.07) is 22.5. The Morgan fingerprint density at radius 3 is 1.81 bits per heavy atom. The molecule has 0 unspecified atom stereocenters. The van der Waals surface area contributed by atoms with Crippen molar-refractivity contribution in [2.24, 2.45) is 0 Å². The molecule has 0 radical (unpaired) electrons. The van der Waals surface area contributed by atoms with Gasteiger partial charge in [-0.05, 0) is 66.7 Å². The SMILES string of the molecule is O=S(=O)(CC(F)(F)F)N(Cc1ccccn1)c1ccc(Oc2ccc(Oc3ccccn3)cc2)cc1. The average molecular weight is 516 g/mol. The Balaban J connectivity index is 1.50. The maximum atomic E-state index is 13.0. The van der Waals surface area contributed by atoms with Gasteiger partial charge in [-0.2, -0.15) is 13.2 Å². The number of nitrogens with zero attached hydrogens (tertiary/aromatic N) is 3. The van der Waals surface area contributed by atoms with Gasteiger partial charge in [0.15, 0.2) is 5.75 Å². The zero-order chi connectivity index (χ0) is 25.6. The Kier molecular flexibility index (Phi) is 7.39. The Morgan fingerprint density at radius 1 is 0.722 bits per heavy atom. The molecule has 0 saturated carbocycles. The van der Waals surface area contributed by atoms with Gasteiger partial charge in [-0.1, -0.05) is 12.1 Å². The predicted molar refractivity (Wildman–Crippen MR) is 128 cm³/mol. The summed E-state index contributed by atoms with van der Waals surface area (Å²) in [5.41, 5.74) is 0.355. The second kappa shape index (κ2) is 10.6. The van der Waals surface area contributed by atoms with Gasteiger partial charge in [0.2, 0.25) is 15.9 Å². The number of hydrogen-bond donors (Lipinski definition) is 0. The lowest BCUT2D eigenvalue weighted by molar-refractivity contribution is -0.106. The van der Waals surface area contributed by atoms with Crippen molar-refractivity contribution in [3.05, 3.63) is 103 Å². The number of alkyl halides is 3. The van der Waals surface area contributed by atoms with Crippen molar-refractivity contribution in [1.82, 2.24) is 9.97 Å². The van der Waals surface area contributed by atoms with Gasteiger partial charge in [0.25, 0.3) is 0 Å². The van der Waals surface area contributed by atoms with Gasteiger partial charge >= 0.3 is 6.18 Å². The molecule has 2 aromatic carbocycles. The molecule has 0 fully saturated rings. The molecular formula is C25H20F3N3O4S. The first-order chi connectivity index (χ1) is 17.2. The Morgan fingerprint density at radius 2 is 1.28 bits per heavy atom. The monoisotopic (exact) mass is 515 g/mol. The van der Waals surface area contributed by atoms with E-state index in [-0.39, 0.29) is 12.2 Å². The van der Waals surface area contributed by atoms with Gasteiger partial charge in [0.05, 0.1) is 17.9 Å². The number of ether oxygens (including phenoxy) is 2. The summed E-state index contributed by atoms with van der Waals surface area (Å²) in [4.78, 5) is 8.12. The van der Waals surface area contributed by atoms with Crippen LogP contribution in [0, 0.1) is 0 Å². The molecule has 0 aliphatic carbocycles. The van der Waals surface area contributed by atoms with E-state index < -0.39 is 22.0 Å². The van der Waals surface area contributed by atoms with Crippen LogP contribution in [0.25, 0.3) is 0 Å². The number of rotatable bonds is 9. The summed E-state index contributed by atoms with van der Waals surface area (Å²) in [6.07, 6.45) is -1.84. The van der Waals surface area contributed by atoms with Gasteiger partial charge in [-0.15, -0.1) is 0 Å². The van der Waals surface area contributed by atoms with Gasteiger partial charge in [0.1, 0.15) is 17.2 Å². The molecule has 4 rings (SSSR count). The zero-order valence-electron chi connectivity index (χ0n) is 18.7. The van der Waals surface area contributed by atoms with Crippen molar-refractivity contribution in [2.75, 3.05) is 10.1 Å². The highest BCUT2D eigenvalue weighted by molar-refractivity contribution is 7.92. The fourth-order valence-electron chi connectivity index (χ4n) is 3.19. The van der Waals surface area contributed by atoms with E-state index in [9.17, 15) is 21.6 Å². The minimum absolute atomic E-state index is 0.0522. The van der Waals surface area contributed by atoms with Crippen LogP contribution in [0.5, 0.6) is 23.1 Å². The first-order valence-corrected chi connectivity index (χ1v) is 12.2. The van der Waals surface area contributed by atoms with E-state index in [2.05, 4.69) is 9.97 Å². The summed E-state index contributed by atoms with van der Waals surface area (Å²) >= 11 is 0. The highest BCUT2D eigenvalue weighted by Crippen LogP contribution is 2.30. The molecule has 7 nitrogen and oxygen atoms in total. The lowest BCUT2D eigenvalue weighted by Crippen LogP contribution is -2.37. The summed E-state index contributed by atoms with van der Waals surface area (Å²) in [5.74, 6) is -0.152. The number of pyridine rings is 2. The minimum atomic E-state index is -4.89. The van der Waals surface area contributed by atoms with Gasteiger partial charge in [-0.3, -0.25) is 9.29 Å². The molecule has 36 heavy (non-hydrogen) atoms. The van der Waals surface area contributed by atoms with E-state index in [4.69, 9.17) is 9.47 Å². The van der Waals surface area contributed by atoms with Crippen molar-refractivity contribution in [3.8, 4) is 23.1 Å². The first kappa shape index (κ1) is 25.0. The minimum Gasteiger partial charge on any atom is -0.457 e. The van der Waals surface area contributed by atoms with Crippen molar-refractivity contribution < 1.29 is 31.1 Å². The summed E-state index contributed by atoms with van der Waals surface area (Å²) < 4.78 is 76.2. The highest BCUT2D eigenvalue weighted by atomic mass is 32.2. The third-order valence-electron chi connectivity index (χ3n) is 4.76. The molecule has 0 N–H and O–H groups in total. The maximum Gasteiger partial charge on any atom is 0.404 e. The number of hydrogen-bond acceptors (Lipinski definition) is 6. The van der Waals surface area contributed by atoms with Crippen LogP contribution in [0.15, 0.2) is 97.3 Å². The lowest BCUT2D eigenvalue weighted by atomic mass is 10.2. The van der Waals surface area contributed by atoms with E-state index in [0.29, 0.717) is 33.1 Å². The topological polar surface area (TPSA) is 81.6 Å². The number of anilines is 1. The van der Waals surface area contributed by atoms with Crippen LogP contribution in [0.2, 0.25) is 0 Å². The summed E-state index contributed by atoms with van der Waals surface area (Å²) in [5, 5.41) is 0. The van der Waals surface area contributed by atoms with Gasteiger partial charge < -0.3 is 9.47 Å². The Bertz CT molecular complexity index is 1370. The molecule has 2 heterocycles. The van der Waals surface area contributed by atoms with E-state index in [0.717, 1.165) is 0 Å². The molecule has 0 aliphatic rings. The Labute approximate surface area is 205 Å². The van der Waals surface area contributed by atoms with Gasteiger partial charge in [-0.25, -0.2) is 13.4 Å². The zero-order valence-corrected chi connectivity index (χ0v) is 19.5. The van der Waals surface area contributed by atoms with Crippen LogP contribution in [0.3, 0.4) is 0 Å². The number of sulfonamides is 1. The molecule has 0 saturated heterocycles. The third-order valence-corrected chi connectivity index (χ3v) is 6.46. The summed E-state index contributed by atoms with van der Waals surface area (Å²) in [7, 11) is -4.73. The molecule has 0 atom stereocenters. The molecule has 0 bridgehead atoms. The normalized spacial score (nSPS) is 11.6. The van der Waals surface area contributed by atoms with Crippen molar-refractivity contribution >= 4 is 15.7 Å². The van der Waals surface area contributed by atoms with E-state index in [1.54, 1.807) is 60.8 Å². The van der Waals surface area contributed by atoms with Crippen LogP contribution in [0.1, 0.15) is 5.69 Å². The standard InChI is InChI=1S/C25H20F3N3O4S/c26-25(27,28)18-36(32,33)31(17-19-5-1-3-15-29-19)20-7-9-21(10-8-20)34-22-11-13-23(14-12-22)35-24-6-2-4-16-30-24/h1-16H,17-18H2. The van der Waals surface area contributed by atoms with Crippen LogP contribution in [-0.4, -0.2) is 30.3 Å². The quantitative estimate of drug-likeness (QED) is 0.274. The van der Waals surface area contributed by atoms with Crippen molar-refractivity contribution in [2.45, 2.75) is 12.7 Å². The molecule has 2 aromatic heterocycles. The largest absolute Gasteiger partial charge is 0.457 e. The second-order valence-corrected chi connectivity index (χ2v) is 9.43. The van der Waals surface area contributed by atoms with Gasteiger partial charge in [0, 0.05) is 18.5 Å². The first-order valence-electron chi connectivity index (χ1n) is 10.6. The van der Waals surface area contributed by atoms with E-state index >= 15 is 0 Å². The van der Waals surface area contributed by atoms with E-state index in [1.165, 1.54) is 36.5 Å². The molecule has 186 valence electrons. The number of benzene rings is 2. The Hall–Kier alpha value is -4.12. The molecular weight excluding hydrogens is 495 g/mol. The predicted octanol–water partition coefficient (Wildman–Crippen LogP) is 5.96. The fourth-order valence-corrected chi connectivity index (χ4v) is 4.54. The smallest absolute Gasteiger partial charge is 0.404 e. The van der Waals surface area contributed by atoms with Crippen molar-refractivity contribution in [1.29, 1.82) is 0 Å². The van der Waals surface area contributed by atoms with Crippen molar-refractivity contribution in [3.63, 3.8) is 0 Å². The average Bonchev–Trinajstić information content (AvgIpc) is 2.84. The second-order valence-electron chi connectivity index (χ2n) is 7.54. The molecule has 0 amide bonds. The van der Waals surface area contributed by atoms with Crippen LogP contribution in [-0.2, 0) is 16.6 Å². The molecule has 4 aromatic rings. The maximum absolute atomic E-state index is 13.0. The fraction of sp³-hybridized carbons (Fsp3) is 0.120. The molecule has 0 aliphatic heterocycles. The lowest BCUT2D eigenvalue weighted by Gasteiger charge is -2.25. The third kappa shape index (κ3) is 6.95. The summed E-state index contributed by atoms with van der Waals surface area (Å²) in [6.45, 7) is -0.350. The highest BCUT2D eigenvalue weighted by Gasteiger charge is 2.38. The van der Waals surface area contributed by atoms with E-state index in [1.807, 2.05) is 0 Å². The van der Waals surface area contributed by atoms with Crippen LogP contribution >= 0.6 is 0 Å². The number of halogens is 3. The molecule has 11 heteroatoms. The van der Waals surface area contributed by atoms with Crippen LogP contribution < -0.4 is 13.8 Å². The van der Waals surface area contributed by atoms with Crippen LogP contribution in [0.4, 0.5) is 18.9 Å². The molecule has 0 spiro atoms. The number of aromatic nitrogens is 2.